The summed E-state index contributed by atoms with van der Waals surface area (Å²) in [5.74, 6) is -1.87. The number of phenols is 1. The van der Waals surface area contributed by atoms with Crippen LogP contribution in [0.15, 0.2) is 71.6 Å². The number of carbonyl (C=O) groups is 3. The molecule has 0 saturated carbocycles. The minimum Gasteiger partial charge on any atom is -0.507 e. The number of unbranched alkanes of at least 4 members (excludes halogenated alkanes) is 2. The average Bonchev–Trinajstić information content (AvgIpc) is 3.31. The van der Waals surface area contributed by atoms with E-state index in [2.05, 4.69) is 14.8 Å². The van der Waals surface area contributed by atoms with E-state index in [-0.39, 0.29) is 53.0 Å². The molecule has 2 atom stereocenters. The Balaban J connectivity index is 1.37. The fraction of sp³-hybridized carbons (Fsp3) is 0.323. The van der Waals surface area contributed by atoms with Gasteiger partial charge in [-0.05, 0) is 67.1 Å². The zero-order chi connectivity index (χ0) is 34.2. The van der Waals surface area contributed by atoms with Gasteiger partial charge in [-0.15, -0.1) is 10.8 Å². The van der Waals surface area contributed by atoms with E-state index in [4.69, 9.17) is 21.1 Å². The highest BCUT2D eigenvalue weighted by molar-refractivity contribution is 8.23. The van der Waals surface area contributed by atoms with Gasteiger partial charge in [-0.1, -0.05) is 48.0 Å². The second-order valence-corrected chi connectivity index (χ2v) is 14.8. The molecule has 47 heavy (non-hydrogen) atoms. The largest absolute Gasteiger partial charge is 0.507 e. The Kier molecular flexibility index (Phi) is 12.1. The number of esters is 1. The third kappa shape index (κ3) is 9.37. The summed E-state index contributed by atoms with van der Waals surface area (Å²) in [5.41, 5.74) is 0.775. The molecule has 4 rings (SSSR count). The molecule has 6 N–H and O–H groups in total. The van der Waals surface area contributed by atoms with E-state index in [1.54, 1.807) is 36.4 Å². The maximum absolute atomic E-state index is 13.3. The molecule has 1 fully saturated rings. The van der Waals surface area contributed by atoms with Gasteiger partial charge in [-0.3, -0.25) is 23.4 Å². The zero-order valence-corrected chi connectivity index (χ0v) is 27.7. The number of methoxy groups -OCH3 is 1. The highest BCUT2D eigenvalue weighted by atomic mass is 35.5. The van der Waals surface area contributed by atoms with Crippen LogP contribution in [-0.4, -0.2) is 66.7 Å². The van der Waals surface area contributed by atoms with Gasteiger partial charge >= 0.3 is 5.97 Å². The Hall–Kier alpha value is -3.86. The Morgan fingerprint density at radius 1 is 1.06 bits per heavy atom. The van der Waals surface area contributed by atoms with E-state index in [1.165, 1.54) is 37.4 Å². The lowest BCUT2D eigenvalue weighted by Crippen LogP contribution is -2.48. The Labute approximate surface area is 279 Å². The minimum absolute atomic E-state index is 0.0168. The van der Waals surface area contributed by atoms with Gasteiger partial charge in [0.2, 0.25) is 21.8 Å². The first-order valence-corrected chi connectivity index (χ1v) is 18.0. The van der Waals surface area contributed by atoms with Crippen molar-refractivity contribution < 1.29 is 46.5 Å². The lowest BCUT2D eigenvalue weighted by Gasteiger charge is -2.33. The third-order valence-corrected chi connectivity index (χ3v) is 10.9. The van der Waals surface area contributed by atoms with Crippen LogP contribution in [0.1, 0.15) is 52.4 Å². The van der Waals surface area contributed by atoms with Crippen LogP contribution >= 0.6 is 22.4 Å². The average molecular weight is 710 g/mol. The van der Waals surface area contributed by atoms with E-state index in [1.807, 2.05) is 0 Å². The normalized spacial score (nSPS) is 16.9. The van der Waals surface area contributed by atoms with Crippen LogP contribution in [0, 0.1) is 0 Å². The molecule has 0 bridgehead atoms. The number of aromatic hydroxyl groups is 1. The number of amides is 2. The van der Waals surface area contributed by atoms with Gasteiger partial charge < -0.3 is 19.9 Å². The molecular weight excluding hydrogens is 674 g/mol. The molecule has 2 unspecified atom stereocenters. The topological polar surface area (TPSA) is 201 Å². The van der Waals surface area contributed by atoms with Gasteiger partial charge in [0.05, 0.1) is 25.0 Å². The van der Waals surface area contributed by atoms with Crippen LogP contribution < -0.4 is 19.5 Å². The Morgan fingerprint density at radius 2 is 1.81 bits per heavy atom. The highest BCUT2D eigenvalue weighted by Gasteiger charge is 2.39. The van der Waals surface area contributed by atoms with E-state index < -0.39 is 49.9 Å². The van der Waals surface area contributed by atoms with Gasteiger partial charge in [0.25, 0.3) is 0 Å². The molecule has 1 aliphatic rings. The number of nitrogens with one attached hydrogen (secondary N) is 3. The molecule has 3 aromatic rings. The molecule has 1 saturated heterocycles. The molecule has 1 aliphatic heterocycles. The van der Waals surface area contributed by atoms with Crippen LogP contribution in [-0.2, 0) is 30.8 Å². The summed E-state index contributed by atoms with van der Waals surface area (Å²) in [4.78, 5) is 37.0. The fourth-order valence-electron chi connectivity index (χ4n) is 4.96. The van der Waals surface area contributed by atoms with E-state index in [0.717, 1.165) is 0 Å². The first-order valence-electron chi connectivity index (χ1n) is 14.6. The summed E-state index contributed by atoms with van der Waals surface area (Å²) in [5, 5.41) is 12.0. The molecule has 13 nitrogen and oxygen atoms in total. The SMILES string of the molecule is COC(=O)c1c(O)cccc1OCCCCCNC(=O)C(Cc1ccc(C2CC(=O)NS2(O)O)c(Cl)c1)NS(=O)(=O)c1ccccc1. The van der Waals surface area contributed by atoms with Gasteiger partial charge in [0, 0.05) is 11.6 Å². The van der Waals surface area contributed by atoms with Crippen LogP contribution in [0.3, 0.4) is 0 Å². The molecule has 0 spiro atoms. The lowest BCUT2D eigenvalue weighted by atomic mass is 10.0. The van der Waals surface area contributed by atoms with Crippen molar-refractivity contribution in [3.8, 4) is 11.5 Å². The molecule has 3 aromatic carbocycles. The minimum atomic E-state index is -4.08. The number of phenolic OH excluding ortho intramolecular Hbond substituents is 1. The van der Waals surface area contributed by atoms with E-state index >= 15 is 0 Å². The molecule has 2 amide bonds. The van der Waals surface area contributed by atoms with Crippen molar-refractivity contribution >= 4 is 50.2 Å². The van der Waals surface area contributed by atoms with Crippen LogP contribution in [0.25, 0.3) is 0 Å². The summed E-state index contributed by atoms with van der Waals surface area (Å²) in [6.45, 7) is 0.472. The number of hydrogen-bond donors (Lipinski definition) is 6. The number of sulfonamides is 1. The standard InChI is InChI=1S/C31H36ClN3O10S2/c1-44-31(39)29-25(36)11-8-12-26(29)45-16-7-3-6-15-33-30(38)24(34-46(40,41)21-9-4-2-5-10-21)18-20-13-14-22(23(32)17-20)27-19-28(37)35-47(27,42)43/h2,4-5,8-14,17,24,27,34,36,42-43H,3,6-7,15-16,18-19H2,1H3,(H,33,38)(H,35,37). The quantitative estimate of drug-likeness (QED) is 0.0976. The van der Waals surface area contributed by atoms with Crippen molar-refractivity contribution in [2.45, 2.75) is 48.3 Å². The van der Waals surface area contributed by atoms with Crippen molar-refractivity contribution in [3.63, 3.8) is 0 Å². The Bertz CT molecular complexity index is 1710. The maximum Gasteiger partial charge on any atom is 0.345 e. The number of rotatable bonds is 15. The van der Waals surface area contributed by atoms with Crippen molar-refractivity contribution in [1.82, 2.24) is 14.8 Å². The monoisotopic (exact) mass is 709 g/mol. The number of ether oxygens (including phenoxy) is 2. The van der Waals surface area contributed by atoms with Crippen molar-refractivity contribution in [2.75, 3.05) is 20.3 Å². The van der Waals surface area contributed by atoms with Gasteiger partial charge in [-0.2, -0.15) is 4.72 Å². The molecule has 0 radical (unpaired) electrons. The van der Waals surface area contributed by atoms with E-state index in [0.29, 0.717) is 30.4 Å². The number of halogens is 1. The van der Waals surface area contributed by atoms with Gasteiger partial charge in [0.15, 0.2) is 0 Å². The number of benzene rings is 3. The number of hydrogen-bond acceptors (Lipinski definition) is 10. The van der Waals surface area contributed by atoms with Crippen LogP contribution in [0.2, 0.25) is 5.02 Å². The summed E-state index contributed by atoms with van der Waals surface area (Å²) in [6.07, 6.45) is 1.50. The van der Waals surface area contributed by atoms with Crippen LogP contribution in [0.4, 0.5) is 0 Å². The molecule has 16 heteroatoms. The number of carbonyl (C=O) groups excluding carboxylic acids is 3. The summed E-state index contributed by atoms with van der Waals surface area (Å²) < 4.78 is 61.8. The van der Waals surface area contributed by atoms with E-state index in [9.17, 15) is 37.0 Å². The van der Waals surface area contributed by atoms with Crippen molar-refractivity contribution in [1.29, 1.82) is 0 Å². The Morgan fingerprint density at radius 3 is 2.47 bits per heavy atom. The maximum atomic E-state index is 13.3. The predicted octanol–water partition coefficient (Wildman–Crippen LogP) is 4.31. The first kappa shape index (κ1) is 36.0. The van der Waals surface area contributed by atoms with Crippen molar-refractivity contribution in [3.05, 3.63) is 88.4 Å². The zero-order valence-electron chi connectivity index (χ0n) is 25.3. The summed E-state index contributed by atoms with van der Waals surface area (Å²) >= 11 is 6.47. The molecule has 1 heterocycles. The second-order valence-electron chi connectivity index (χ2n) is 10.7. The van der Waals surface area contributed by atoms with Gasteiger partial charge in [-0.25, -0.2) is 13.2 Å². The molecule has 0 aromatic heterocycles. The smallest absolute Gasteiger partial charge is 0.345 e. The molecular formula is C31H36ClN3O10S2. The molecule has 254 valence electrons. The van der Waals surface area contributed by atoms with Crippen molar-refractivity contribution in [2.24, 2.45) is 0 Å². The second kappa shape index (κ2) is 15.8. The summed E-state index contributed by atoms with van der Waals surface area (Å²) in [7, 11) is -6.31. The third-order valence-electron chi connectivity index (χ3n) is 7.32. The summed E-state index contributed by atoms with van der Waals surface area (Å²) in [6, 6.07) is 15.5. The van der Waals surface area contributed by atoms with Gasteiger partial charge in [0.1, 0.15) is 28.4 Å². The lowest BCUT2D eigenvalue weighted by molar-refractivity contribution is -0.122. The molecule has 0 aliphatic carbocycles. The first-order chi connectivity index (χ1) is 22.3. The highest BCUT2D eigenvalue weighted by Crippen LogP contribution is 2.57. The fourth-order valence-corrected chi connectivity index (χ4v) is 8.08. The predicted molar refractivity (Wildman–Crippen MR) is 176 cm³/mol. The van der Waals surface area contributed by atoms with Crippen LogP contribution in [0.5, 0.6) is 11.5 Å².